The fourth-order valence-electron chi connectivity index (χ4n) is 1.90. The molecule has 7 heteroatoms. The van der Waals surface area contributed by atoms with Crippen LogP contribution in [-0.4, -0.2) is 50.7 Å². The SMILES string of the molecule is COCCN(C1CC1)S(=O)(=O)c1ccc(CCO)s1. The molecule has 0 amide bonds. The van der Waals surface area contributed by atoms with Gasteiger partial charge in [-0.1, -0.05) is 0 Å². The molecule has 108 valence electrons. The first-order chi connectivity index (χ1) is 9.09. The highest BCUT2D eigenvalue weighted by atomic mass is 32.2. The number of ether oxygens (including phenoxy) is 1. The first-order valence-corrected chi connectivity index (χ1v) is 8.55. The van der Waals surface area contributed by atoms with E-state index in [9.17, 15) is 8.42 Å². The van der Waals surface area contributed by atoms with Crippen LogP contribution in [0.4, 0.5) is 0 Å². The lowest BCUT2D eigenvalue weighted by Crippen LogP contribution is -2.35. The van der Waals surface area contributed by atoms with Crippen molar-refractivity contribution < 1.29 is 18.3 Å². The van der Waals surface area contributed by atoms with Gasteiger partial charge in [0, 0.05) is 37.6 Å². The van der Waals surface area contributed by atoms with Crippen LogP contribution in [0.25, 0.3) is 0 Å². The number of methoxy groups -OCH3 is 1. The minimum absolute atomic E-state index is 0.0377. The third kappa shape index (κ3) is 3.55. The Morgan fingerprint density at radius 3 is 2.79 bits per heavy atom. The lowest BCUT2D eigenvalue weighted by Gasteiger charge is -2.20. The highest BCUT2D eigenvalue weighted by Crippen LogP contribution is 2.34. The largest absolute Gasteiger partial charge is 0.396 e. The summed E-state index contributed by atoms with van der Waals surface area (Å²) in [4.78, 5) is 0.892. The Morgan fingerprint density at radius 2 is 2.21 bits per heavy atom. The predicted octanol–water partition coefficient (Wildman–Crippen LogP) is 1.08. The van der Waals surface area contributed by atoms with Gasteiger partial charge in [0.05, 0.1) is 6.61 Å². The van der Waals surface area contributed by atoms with Crippen LogP contribution >= 0.6 is 11.3 Å². The smallest absolute Gasteiger partial charge is 0.252 e. The van der Waals surface area contributed by atoms with Crippen LogP contribution in [0, 0.1) is 0 Å². The molecule has 0 saturated heterocycles. The topological polar surface area (TPSA) is 66.8 Å². The van der Waals surface area contributed by atoms with Crippen molar-refractivity contribution in [3.05, 3.63) is 17.0 Å². The number of hydrogen-bond acceptors (Lipinski definition) is 5. The summed E-state index contributed by atoms with van der Waals surface area (Å²) in [6.45, 7) is 0.845. The summed E-state index contributed by atoms with van der Waals surface area (Å²) in [6, 6.07) is 3.53. The summed E-state index contributed by atoms with van der Waals surface area (Å²) in [7, 11) is -1.85. The average molecular weight is 305 g/mol. The van der Waals surface area contributed by atoms with Crippen LogP contribution in [0.2, 0.25) is 0 Å². The minimum atomic E-state index is -3.42. The number of hydrogen-bond donors (Lipinski definition) is 1. The van der Waals surface area contributed by atoms with Gasteiger partial charge in [-0.3, -0.25) is 0 Å². The van der Waals surface area contributed by atoms with Gasteiger partial charge < -0.3 is 9.84 Å². The molecule has 1 fully saturated rings. The lowest BCUT2D eigenvalue weighted by atomic mass is 10.4. The molecule has 0 radical (unpaired) electrons. The predicted molar refractivity (Wildman–Crippen MR) is 73.9 cm³/mol. The molecule has 1 heterocycles. The molecule has 0 aliphatic heterocycles. The minimum Gasteiger partial charge on any atom is -0.396 e. The highest BCUT2D eigenvalue weighted by molar-refractivity contribution is 7.91. The van der Waals surface area contributed by atoms with E-state index in [1.54, 1.807) is 23.5 Å². The zero-order valence-corrected chi connectivity index (χ0v) is 12.5. The maximum absolute atomic E-state index is 12.6. The van der Waals surface area contributed by atoms with Crippen molar-refractivity contribution in [3.8, 4) is 0 Å². The van der Waals surface area contributed by atoms with Crippen molar-refractivity contribution in [1.82, 2.24) is 4.31 Å². The van der Waals surface area contributed by atoms with Gasteiger partial charge in [0.25, 0.3) is 10.0 Å². The zero-order valence-electron chi connectivity index (χ0n) is 10.9. The van der Waals surface area contributed by atoms with E-state index in [4.69, 9.17) is 9.84 Å². The molecule has 19 heavy (non-hydrogen) atoms. The van der Waals surface area contributed by atoms with Gasteiger partial charge in [0.15, 0.2) is 0 Å². The molecule has 0 atom stereocenters. The third-order valence-corrected chi connectivity index (χ3v) is 6.59. The van der Waals surface area contributed by atoms with Crippen molar-refractivity contribution in [3.63, 3.8) is 0 Å². The molecule has 5 nitrogen and oxygen atoms in total. The van der Waals surface area contributed by atoms with Gasteiger partial charge in [-0.05, 0) is 25.0 Å². The number of aliphatic hydroxyl groups excluding tert-OH is 1. The summed E-state index contributed by atoms with van der Waals surface area (Å²) >= 11 is 1.24. The molecule has 0 spiro atoms. The molecule has 1 aromatic rings. The molecule has 2 rings (SSSR count). The van der Waals surface area contributed by atoms with Gasteiger partial charge in [-0.25, -0.2) is 8.42 Å². The molecule has 0 unspecified atom stereocenters. The van der Waals surface area contributed by atoms with Gasteiger partial charge in [0.2, 0.25) is 0 Å². The number of rotatable bonds is 8. The summed E-state index contributed by atoms with van der Waals surface area (Å²) in [5, 5.41) is 8.89. The van der Waals surface area contributed by atoms with Crippen LogP contribution in [0.15, 0.2) is 16.3 Å². The fraction of sp³-hybridized carbons (Fsp3) is 0.667. The summed E-state index contributed by atoms with van der Waals surface area (Å²) in [6.07, 6.45) is 2.36. The Balaban J connectivity index is 2.17. The Morgan fingerprint density at radius 1 is 1.47 bits per heavy atom. The lowest BCUT2D eigenvalue weighted by molar-refractivity contribution is 0.177. The van der Waals surface area contributed by atoms with Crippen molar-refractivity contribution >= 4 is 21.4 Å². The van der Waals surface area contributed by atoms with E-state index in [1.165, 1.54) is 11.3 Å². The first-order valence-electron chi connectivity index (χ1n) is 6.30. The Bertz CT molecular complexity index is 508. The monoisotopic (exact) mass is 305 g/mol. The Hall–Kier alpha value is -0.470. The molecule has 1 aliphatic rings. The summed E-state index contributed by atoms with van der Waals surface area (Å²) in [5.74, 6) is 0. The van der Waals surface area contributed by atoms with E-state index in [2.05, 4.69) is 0 Å². The van der Waals surface area contributed by atoms with E-state index in [1.807, 2.05) is 0 Å². The number of sulfonamides is 1. The molecular formula is C12H19NO4S2. The number of aliphatic hydroxyl groups is 1. The molecule has 0 bridgehead atoms. The summed E-state index contributed by atoms with van der Waals surface area (Å²) < 4.78 is 32.0. The van der Waals surface area contributed by atoms with Gasteiger partial charge in [-0.15, -0.1) is 11.3 Å². The highest BCUT2D eigenvalue weighted by Gasteiger charge is 2.38. The molecule has 0 aromatic carbocycles. The maximum Gasteiger partial charge on any atom is 0.252 e. The van der Waals surface area contributed by atoms with Gasteiger partial charge >= 0.3 is 0 Å². The summed E-state index contributed by atoms with van der Waals surface area (Å²) in [5.41, 5.74) is 0. The second-order valence-corrected chi connectivity index (χ2v) is 7.82. The quantitative estimate of drug-likeness (QED) is 0.780. The normalized spacial score (nSPS) is 16.2. The number of thiophene rings is 1. The fourth-order valence-corrected chi connectivity index (χ4v) is 5.04. The van der Waals surface area contributed by atoms with Crippen LogP contribution in [-0.2, 0) is 21.2 Å². The molecule has 1 saturated carbocycles. The molecule has 1 aromatic heterocycles. The van der Waals surface area contributed by atoms with Crippen molar-refractivity contribution in [2.24, 2.45) is 0 Å². The maximum atomic E-state index is 12.6. The number of nitrogens with zero attached hydrogens (tertiary/aromatic N) is 1. The average Bonchev–Trinajstić information content (AvgIpc) is 3.08. The van der Waals surface area contributed by atoms with Crippen LogP contribution in [0.3, 0.4) is 0 Å². The van der Waals surface area contributed by atoms with Crippen molar-refractivity contribution in [2.45, 2.75) is 29.5 Å². The second-order valence-electron chi connectivity index (χ2n) is 4.53. The van der Waals surface area contributed by atoms with Crippen LogP contribution < -0.4 is 0 Å². The second kappa shape index (κ2) is 6.32. The van der Waals surface area contributed by atoms with E-state index >= 15 is 0 Å². The van der Waals surface area contributed by atoms with Crippen molar-refractivity contribution in [2.75, 3.05) is 26.9 Å². The standard InChI is InChI=1S/C12H19NO4S2/c1-17-9-7-13(10-2-3-10)19(15,16)12-5-4-11(18-12)6-8-14/h4-5,10,14H,2-3,6-9H2,1H3. The Labute approximate surface area is 117 Å². The van der Waals surface area contributed by atoms with E-state index in [0.29, 0.717) is 23.8 Å². The zero-order chi connectivity index (χ0) is 13.9. The van der Waals surface area contributed by atoms with Crippen LogP contribution in [0.1, 0.15) is 17.7 Å². The van der Waals surface area contributed by atoms with Crippen LogP contribution in [0.5, 0.6) is 0 Å². The first kappa shape index (κ1) is 14.9. The molecule has 1 N–H and O–H groups in total. The Kier molecular flexibility index (Phi) is 4.97. The third-order valence-electron chi connectivity index (χ3n) is 3.03. The van der Waals surface area contributed by atoms with E-state index in [-0.39, 0.29) is 12.6 Å². The van der Waals surface area contributed by atoms with Gasteiger partial charge in [0.1, 0.15) is 4.21 Å². The molecule has 1 aliphatic carbocycles. The van der Waals surface area contributed by atoms with E-state index < -0.39 is 10.0 Å². The van der Waals surface area contributed by atoms with Crippen molar-refractivity contribution in [1.29, 1.82) is 0 Å². The van der Waals surface area contributed by atoms with E-state index in [0.717, 1.165) is 17.7 Å². The molecular weight excluding hydrogens is 286 g/mol. The van der Waals surface area contributed by atoms with Gasteiger partial charge in [-0.2, -0.15) is 4.31 Å².